The summed E-state index contributed by atoms with van der Waals surface area (Å²) < 4.78 is 54.6. The Balaban J connectivity index is 1.76. The van der Waals surface area contributed by atoms with Gasteiger partial charge < -0.3 is 4.90 Å². The van der Waals surface area contributed by atoms with E-state index in [9.17, 15) is 21.6 Å². The average molecular weight is 464 g/mol. The van der Waals surface area contributed by atoms with Crippen LogP contribution in [-0.4, -0.2) is 85.5 Å². The van der Waals surface area contributed by atoms with Gasteiger partial charge in [-0.15, -0.1) is 0 Å². The molecule has 3 heterocycles. The largest absolute Gasteiger partial charge is 0.303 e. The molecular formula is C20H37N3O5S2. The summed E-state index contributed by atoms with van der Waals surface area (Å²) in [5, 5.41) is -0.710. The van der Waals surface area contributed by atoms with Crippen molar-refractivity contribution in [3.8, 4) is 0 Å². The first-order chi connectivity index (χ1) is 14.1. The third kappa shape index (κ3) is 4.56. The van der Waals surface area contributed by atoms with Crippen molar-refractivity contribution in [1.82, 2.24) is 13.5 Å². The summed E-state index contributed by atoms with van der Waals surface area (Å²) in [6, 6.07) is -1.13. The van der Waals surface area contributed by atoms with Gasteiger partial charge >= 0.3 is 0 Å². The Kier molecular flexibility index (Phi) is 7.52. The maximum atomic E-state index is 13.2. The maximum Gasteiger partial charge on any atom is 0.241 e. The highest BCUT2D eigenvalue weighted by Crippen LogP contribution is 2.42. The van der Waals surface area contributed by atoms with Crippen molar-refractivity contribution < 1.29 is 21.6 Å². The summed E-state index contributed by atoms with van der Waals surface area (Å²) >= 11 is 0. The number of hydrogen-bond acceptors (Lipinski definition) is 6. The molecule has 3 fully saturated rings. The summed E-state index contributed by atoms with van der Waals surface area (Å²) in [4.78, 5) is 15.4. The van der Waals surface area contributed by atoms with Crippen molar-refractivity contribution in [2.75, 3.05) is 31.9 Å². The van der Waals surface area contributed by atoms with Crippen LogP contribution in [0.15, 0.2) is 0 Å². The number of sulfonamides is 2. The number of piperidine rings is 1. The molecule has 10 heteroatoms. The van der Waals surface area contributed by atoms with Crippen molar-refractivity contribution in [2.45, 2.75) is 83.1 Å². The lowest BCUT2D eigenvalue weighted by molar-refractivity contribution is -0.128. The molecule has 0 radical (unpaired) electrons. The summed E-state index contributed by atoms with van der Waals surface area (Å²) in [7, 11) is -7.32. The second-order valence-electron chi connectivity index (χ2n) is 9.15. The second kappa shape index (κ2) is 9.42. The van der Waals surface area contributed by atoms with Gasteiger partial charge in [0.15, 0.2) is 0 Å². The first-order valence-corrected chi connectivity index (χ1v) is 14.5. The topological polar surface area (TPSA) is 95.1 Å². The van der Waals surface area contributed by atoms with Gasteiger partial charge in [0.05, 0.1) is 29.0 Å². The Morgan fingerprint density at radius 2 is 1.70 bits per heavy atom. The highest BCUT2D eigenvalue weighted by Gasteiger charge is 2.59. The average Bonchev–Trinajstić information content (AvgIpc) is 3.22. The Labute approximate surface area is 182 Å². The molecule has 1 amide bonds. The van der Waals surface area contributed by atoms with Crippen LogP contribution in [0, 0.1) is 5.92 Å². The monoisotopic (exact) mass is 463 g/mol. The van der Waals surface area contributed by atoms with E-state index in [4.69, 9.17) is 0 Å². The zero-order valence-corrected chi connectivity index (χ0v) is 20.1. The molecule has 0 N–H and O–H groups in total. The lowest BCUT2D eigenvalue weighted by atomic mass is 9.95. The molecule has 0 saturated carbocycles. The molecule has 8 nitrogen and oxygen atoms in total. The quantitative estimate of drug-likeness (QED) is 0.516. The fourth-order valence-corrected chi connectivity index (χ4v) is 8.43. The number of carbonyl (C=O) groups is 1. The van der Waals surface area contributed by atoms with Gasteiger partial charge in [-0.05, 0) is 65.6 Å². The van der Waals surface area contributed by atoms with Gasteiger partial charge in [-0.25, -0.2) is 21.1 Å². The van der Waals surface area contributed by atoms with Crippen molar-refractivity contribution in [1.29, 1.82) is 0 Å². The molecule has 0 bridgehead atoms. The van der Waals surface area contributed by atoms with Gasteiger partial charge in [-0.3, -0.25) is 4.79 Å². The van der Waals surface area contributed by atoms with Gasteiger partial charge in [-0.1, -0.05) is 19.8 Å². The summed E-state index contributed by atoms with van der Waals surface area (Å²) in [6.07, 6.45) is 5.74. The minimum Gasteiger partial charge on any atom is -0.303 e. The predicted molar refractivity (Wildman–Crippen MR) is 117 cm³/mol. The SMILES string of the molecule is CCC[C@H]1C(=O)N(S(=O)(=O)C(C)C)[C@H]2CCN(S(=O)(=O)CCCN3CCCCC3)[C@H]12. The molecule has 3 rings (SSSR count). The van der Waals surface area contributed by atoms with Gasteiger partial charge in [0.1, 0.15) is 0 Å². The zero-order valence-electron chi connectivity index (χ0n) is 18.5. The molecule has 0 aliphatic carbocycles. The third-order valence-electron chi connectivity index (χ3n) is 6.77. The first kappa shape index (κ1) is 23.9. The van der Waals surface area contributed by atoms with Gasteiger partial charge in [-0.2, -0.15) is 4.31 Å². The van der Waals surface area contributed by atoms with Crippen LogP contribution < -0.4 is 0 Å². The van der Waals surface area contributed by atoms with E-state index in [1.54, 1.807) is 13.8 Å². The minimum atomic E-state index is -3.78. The van der Waals surface area contributed by atoms with Gasteiger partial charge in [0.2, 0.25) is 26.0 Å². The second-order valence-corrected chi connectivity index (χ2v) is 13.6. The van der Waals surface area contributed by atoms with Crippen molar-refractivity contribution >= 4 is 26.0 Å². The predicted octanol–water partition coefficient (Wildman–Crippen LogP) is 1.63. The van der Waals surface area contributed by atoms with E-state index in [1.165, 1.54) is 23.6 Å². The van der Waals surface area contributed by atoms with E-state index in [1.807, 2.05) is 6.92 Å². The first-order valence-electron chi connectivity index (χ1n) is 11.4. The number of rotatable bonds is 9. The maximum absolute atomic E-state index is 13.2. The zero-order chi connectivity index (χ0) is 22.1. The van der Waals surface area contributed by atoms with Crippen molar-refractivity contribution in [3.63, 3.8) is 0 Å². The van der Waals surface area contributed by atoms with E-state index in [0.29, 0.717) is 32.2 Å². The molecule has 174 valence electrons. The number of fused-ring (bicyclic) bond motifs is 1. The van der Waals surface area contributed by atoms with Crippen LogP contribution in [0.4, 0.5) is 0 Å². The van der Waals surface area contributed by atoms with Crippen LogP contribution in [0.25, 0.3) is 0 Å². The molecule has 30 heavy (non-hydrogen) atoms. The lowest BCUT2D eigenvalue weighted by Crippen LogP contribution is -2.45. The number of carbonyl (C=O) groups excluding carboxylic acids is 1. The standard InChI is InChI=1S/C20H37N3O5S2/c1-4-9-17-19-18(23(20(17)24)30(27,28)16(2)3)10-14-22(19)29(25,26)15-8-13-21-11-6-5-7-12-21/h16-19H,4-15H2,1-3H3/t17-,18+,19-/m1/s1. The van der Waals surface area contributed by atoms with Gasteiger partial charge in [0.25, 0.3) is 0 Å². The lowest BCUT2D eigenvalue weighted by Gasteiger charge is -2.28. The molecule has 0 spiro atoms. The van der Waals surface area contributed by atoms with E-state index < -0.39 is 49.2 Å². The van der Waals surface area contributed by atoms with E-state index in [0.717, 1.165) is 23.9 Å². The van der Waals surface area contributed by atoms with Crippen LogP contribution >= 0.6 is 0 Å². The molecule has 0 aromatic heterocycles. The smallest absolute Gasteiger partial charge is 0.241 e. The Hall–Kier alpha value is -0.710. The summed E-state index contributed by atoms with van der Waals surface area (Å²) in [6.45, 7) is 8.19. The van der Waals surface area contributed by atoms with Crippen molar-refractivity contribution in [3.05, 3.63) is 0 Å². The van der Waals surface area contributed by atoms with Crippen molar-refractivity contribution in [2.24, 2.45) is 5.92 Å². The number of likely N-dealkylation sites (tertiary alicyclic amines) is 1. The fourth-order valence-electron chi connectivity index (χ4n) is 5.21. The van der Waals surface area contributed by atoms with Crippen LogP contribution in [0.3, 0.4) is 0 Å². The molecule has 3 aliphatic heterocycles. The van der Waals surface area contributed by atoms with Gasteiger partial charge in [0, 0.05) is 6.54 Å². The summed E-state index contributed by atoms with van der Waals surface area (Å²) in [5.74, 6) is -0.946. The minimum absolute atomic E-state index is 0.0523. The number of nitrogens with zero attached hydrogens (tertiary/aromatic N) is 3. The normalized spacial score (nSPS) is 29.1. The fraction of sp³-hybridized carbons (Fsp3) is 0.950. The van der Waals surface area contributed by atoms with Crippen LogP contribution in [0.2, 0.25) is 0 Å². The van der Waals surface area contributed by atoms with E-state index >= 15 is 0 Å². The van der Waals surface area contributed by atoms with Crippen LogP contribution in [-0.2, 0) is 24.8 Å². The number of amides is 1. The van der Waals surface area contributed by atoms with Crippen LogP contribution in [0.5, 0.6) is 0 Å². The molecular weight excluding hydrogens is 426 g/mol. The van der Waals surface area contributed by atoms with E-state index in [-0.39, 0.29) is 5.75 Å². The highest BCUT2D eigenvalue weighted by atomic mass is 32.2. The molecule has 0 unspecified atom stereocenters. The van der Waals surface area contributed by atoms with Crippen LogP contribution in [0.1, 0.15) is 65.7 Å². The summed E-state index contributed by atoms with van der Waals surface area (Å²) in [5.41, 5.74) is 0. The molecule has 3 aliphatic rings. The molecule has 0 aromatic carbocycles. The van der Waals surface area contributed by atoms with E-state index in [2.05, 4.69) is 4.90 Å². The molecule has 3 saturated heterocycles. The highest BCUT2D eigenvalue weighted by molar-refractivity contribution is 7.90. The Morgan fingerprint density at radius 3 is 2.30 bits per heavy atom. The molecule has 0 aromatic rings. The number of hydrogen-bond donors (Lipinski definition) is 0. The third-order valence-corrected chi connectivity index (χ3v) is 10.9. The molecule has 3 atom stereocenters. The Bertz CT molecular complexity index is 821. The Morgan fingerprint density at radius 1 is 1.03 bits per heavy atom.